The van der Waals surface area contributed by atoms with Crippen LogP contribution in [0.3, 0.4) is 0 Å². The van der Waals surface area contributed by atoms with Crippen molar-refractivity contribution in [2.75, 3.05) is 0 Å². The molecule has 0 amide bonds. The largest absolute Gasteiger partial charge is 0.456 e. The van der Waals surface area contributed by atoms with Crippen molar-refractivity contribution in [1.82, 2.24) is 19.9 Å². The van der Waals surface area contributed by atoms with Crippen molar-refractivity contribution >= 4 is 75.0 Å². The third-order valence-electron chi connectivity index (χ3n) is 9.78. The van der Waals surface area contributed by atoms with Crippen LogP contribution in [0.1, 0.15) is 0 Å². The van der Waals surface area contributed by atoms with Crippen molar-refractivity contribution in [2.24, 2.45) is 0 Å². The number of hydrogen-bond acceptors (Lipinski definition) is 7. The lowest BCUT2D eigenvalue weighted by Gasteiger charge is -2.10. The predicted molar refractivity (Wildman–Crippen MR) is 220 cm³/mol. The van der Waals surface area contributed by atoms with Gasteiger partial charge in [0.15, 0.2) is 17.5 Å². The second-order valence-corrected chi connectivity index (χ2v) is 15.1. The molecule has 0 N–H and O–H groups in total. The van der Waals surface area contributed by atoms with Crippen LogP contribution in [0.5, 0.6) is 0 Å². The van der Waals surface area contributed by atoms with E-state index in [1.165, 1.54) is 19.5 Å². The second kappa shape index (κ2) is 12.0. The molecule has 11 aromatic rings. The molecule has 0 aliphatic heterocycles. The van der Waals surface area contributed by atoms with Crippen LogP contribution in [-0.4, -0.2) is 19.9 Å². The standard InChI is InChI=1S/C46H26N4OS2/c1-2-11-27(12-3-1)43-48-44(50-45(49-43)33-17-10-22-40-42(33)31-15-4-6-20-38(31)52-40)32-16-9-19-37-41(32)34-26-29(23-24-36(34)51-37)28-13-8-14-30(25-28)46-47-35-18-5-7-21-39(35)53-46/h1-26H. The number of benzene rings is 7. The van der Waals surface area contributed by atoms with E-state index in [1.807, 2.05) is 48.5 Å². The van der Waals surface area contributed by atoms with Gasteiger partial charge in [-0.3, -0.25) is 0 Å². The number of thiophene rings is 1. The molecule has 5 nitrogen and oxygen atoms in total. The van der Waals surface area contributed by atoms with Crippen LogP contribution < -0.4 is 0 Å². The minimum Gasteiger partial charge on any atom is -0.456 e. The summed E-state index contributed by atoms with van der Waals surface area (Å²) < 4.78 is 10.1. The van der Waals surface area contributed by atoms with Gasteiger partial charge in [0.25, 0.3) is 0 Å². The molecular weight excluding hydrogens is 689 g/mol. The SMILES string of the molecule is c1ccc(-c2nc(-c3cccc4oc5ccc(-c6cccc(-c7nc8ccccc8s7)c6)cc5c34)nc(-c3cccc4sc5ccccc5c34)n2)cc1. The number of furan rings is 1. The van der Waals surface area contributed by atoms with E-state index in [0.29, 0.717) is 17.5 Å². The maximum absolute atomic E-state index is 6.48. The normalized spacial score (nSPS) is 11.8. The van der Waals surface area contributed by atoms with E-state index in [2.05, 4.69) is 109 Å². The molecular formula is C46H26N4OS2. The first-order valence-corrected chi connectivity index (χ1v) is 19.0. The Hall–Kier alpha value is -6.54. The molecule has 7 aromatic carbocycles. The lowest BCUT2D eigenvalue weighted by molar-refractivity contribution is 0.669. The molecule has 0 atom stereocenters. The van der Waals surface area contributed by atoms with E-state index >= 15 is 0 Å². The molecule has 0 spiro atoms. The average Bonchev–Trinajstić information content (AvgIpc) is 3.94. The number of fused-ring (bicyclic) bond motifs is 7. The van der Waals surface area contributed by atoms with Crippen LogP contribution in [0.15, 0.2) is 162 Å². The molecule has 0 fully saturated rings. The Labute approximate surface area is 311 Å². The Morgan fingerprint density at radius 1 is 0.377 bits per heavy atom. The van der Waals surface area contributed by atoms with Crippen molar-refractivity contribution in [3.63, 3.8) is 0 Å². The predicted octanol–water partition coefficient (Wildman–Crippen LogP) is 13.1. The van der Waals surface area contributed by atoms with E-state index in [4.69, 9.17) is 24.4 Å². The van der Waals surface area contributed by atoms with Gasteiger partial charge in [0.2, 0.25) is 0 Å². The van der Waals surface area contributed by atoms with Crippen molar-refractivity contribution in [3.8, 4) is 55.9 Å². The summed E-state index contributed by atoms with van der Waals surface area (Å²) in [6, 6.07) is 54.5. The Bertz CT molecular complexity index is 3160. The van der Waals surface area contributed by atoms with Gasteiger partial charge >= 0.3 is 0 Å². The highest BCUT2D eigenvalue weighted by Crippen LogP contribution is 2.42. The van der Waals surface area contributed by atoms with E-state index in [0.717, 1.165) is 71.2 Å². The number of hydrogen-bond donors (Lipinski definition) is 0. The highest BCUT2D eigenvalue weighted by Gasteiger charge is 2.20. The first kappa shape index (κ1) is 30.1. The van der Waals surface area contributed by atoms with Gasteiger partial charge in [-0.2, -0.15) is 0 Å². The molecule has 0 aliphatic carbocycles. The van der Waals surface area contributed by atoms with Gasteiger partial charge in [-0.05, 0) is 59.7 Å². The van der Waals surface area contributed by atoms with Crippen molar-refractivity contribution < 1.29 is 4.42 Å². The Morgan fingerprint density at radius 2 is 1.04 bits per heavy atom. The van der Waals surface area contributed by atoms with Gasteiger partial charge in [-0.25, -0.2) is 19.9 Å². The summed E-state index contributed by atoms with van der Waals surface area (Å²) in [4.78, 5) is 20.4. The molecule has 4 aromatic heterocycles. The molecule has 11 rings (SSSR count). The van der Waals surface area contributed by atoms with Crippen LogP contribution in [-0.2, 0) is 0 Å². The summed E-state index contributed by atoms with van der Waals surface area (Å²) >= 11 is 3.50. The molecule has 0 unspecified atom stereocenters. The second-order valence-electron chi connectivity index (χ2n) is 13.0. The Kier molecular flexibility index (Phi) is 6.83. The van der Waals surface area contributed by atoms with Crippen LogP contribution in [0, 0.1) is 0 Å². The smallest absolute Gasteiger partial charge is 0.164 e. The number of rotatable bonds is 5. The summed E-state index contributed by atoms with van der Waals surface area (Å²) in [6.45, 7) is 0. The van der Waals surface area contributed by atoms with E-state index < -0.39 is 0 Å². The van der Waals surface area contributed by atoms with Crippen LogP contribution in [0.4, 0.5) is 0 Å². The van der Waals surface area contributed by atoms with E-state index in [-0.39, 0.29) is 0 Å². The van der Waals surface area contributed by atoms with Gasteiger partial charge in [-0.1, -0.05) is 109 Å². The number of nitrogens with zero attached hydrogens (tertiary/aromatic N) is 4. The minimum absolute atomic E-state index is 0.599. The zero-order valence-corrected chi connectivity index (χ0v) is 29.7. The van der Waals surface area contributed by atoms with Gasteiger partial charge in [0.1, 0.15) is 16.2 Å². The molecule has 0 saturated heterocycles. The number of para-hydroxylation sites is 1. The number of aromatic nitrogens is 4. The molecule has 0 saturated carbocycles. The molecule has 7 heteroatoms. The highest BCUT2D eigenvalue weighted by atomic mass is 32.1. The van der Waals surface area contributed by atoms with Crippen LogP contribution in [0.25, 0.3) is 108 Å². The molecule has 0 bridgehead atoms. The molecule has 0 radical (unpaired) electrons. The zero-order chi connectivity index (χ0) is 34.9. The van der Waals surface area contributed by atoms with Crippen molar-refractivity contribution in [3.05, 3.63) is 158 Å². The first-order chi connectivity index (χ1) is 26.2. The monoisotopic (exact) mass is 714 g/mol. The van der Waals surface area contributed by atoms with Gasteiger partial charge in [0, 0.05) is 53.2 Å². The van der Waals surface area contributed by atoms with Gasteiger partial charge < -0.3 is 4.42 Å². The molecule has 248 valence electrons. The Balaban J connectivity index is 1.10. The molecule has 4 heterocycles. The molecule has 53 heavy (non-hydrogen) atoms. The van der Waals surface area contributed by atoms with Crippen LogP contribution in [0.2, 0.25) is 0 Å². The summed E-state index contributed by atoms with van der Waals surface area (Å²) in [5.74, 6) is 1.86. The third kappa shape index (κ3) is 5.04. The lowest BCUT2D eigenvalue weighted by atomic mass is 9.99. The van der Waals surface area contributed by atoms with Gasteiger partial charge in [0.05, 0.1) is 10.2 Å². The first-order valence-electron chi connectivity index (χ1n) is 17.4. The lowest BCUT2D eigenvalue weighted by Crippen LogP contribution is -2.00. The topological polar surface area (TPSA) is 64.7 Å². The fourth-order valence-electron chi connectivity index (χ4n) is 7.31. The fourth-order valence-corrected chi connectivity index (χ4v) is 9.41. The zero-order valence-electron chi connectivity index (χ0n) is 28.0. The summed E-state index contributed by atoms with van der Waals surface area (Å²) in [7, 11) is 0. The van der Waals surface area contributed by atoms with Crippen molar-refractivity contribution in [1.29, 1.82) is 0 Å². The highest BCUT2D eigenvalue weighted by molar-refractivity contribution is 7.26. The third-order valence-corrected chi connectivity index (χ3v) is 12.0. The maximum Gasteiger partial charge on any atom is 0.164 e. The van der Waals surface area contributed by atoms with Gasteiger partial charge in [-0.15, -0.1) is 22.7 Å². The molecule has 0 aliphatic rings. The number of thiazole rings is 1. The Morgan fingerprint density at radius 3 is 1.91 bits per heavy atom. The summed E-state index contributed by atoms with van der Waals surface area (Å²) in [5.41, 5.74) is 8.73. The maximum atomic E-state index is 6.48. The summed E-state index contributed by atoms with van der Waals surface area (Å²) in [6.07, 6.45) is 0. The fraction of sp³-hybridized carbons (Fsp3) is 0. The quantitative estimate of drug-likeness (QED) is 0.178. The van der Waals surface area contributed by atoms with E-state index in [1.54, 1.807) is 22.7 Å². The van der Waals surface area contributed by atoms with E-state index in [9.17, 15) is 0 Å². The minimum atomic E-state index is 0.599. The summed E-state index contributed by atoms with van der Waals surface area (Å²) in [5, 5.41) is 5.36. The van der Waals surface area contributed by atoms with Crippen molar-refractivity contribution in [2.45, 2.75) is 0 Å². The average molecular weight is 715 g/mol. The van der Waals surface area contributed by atoms with Crippen LogP contribution >= 0.6 is 22.7 Å².